The van der Waals surface area contributed by atoms with E-state index in [4.69, 9.17) is 4.84 Å². The molecular weight excluding hydrogens is 332 g/mol. The average molecular weight is 360 g/mol. The molecule has 0 spiro atoms. The Labute approximate surface area is 154 Å². The maximum atomic E-state index is 12.6. The van der Waals surface area contributed by atoms with Gasteiger partial charge in [0.05, 0.1) is 6.04 Å². The second kappa shape index (κ2) is 8.43. The van der Waals surface area contributed by atoms with E-state index in [1.165, 1.54) is 5.56 Å². The molecule has 3 fully saturated rings. The van der Waals surface area contributed by atoms with Crippen LogP contribution < -0.4 is 21.5 Å². The molecular formula is C18H28N6O2. The van der Waals surface area contributed by atoms with E-state index in [1.807, 2.05) is 18.2 Å². The van der Waals surface area contributed by atoms with Crippen LogP contribution >= 0.6 is 0 Å². The predicted molar refractivity (Wildman–Crippen MR) is 97.6 cm³/mol. The number of carbonyl (C=O) groups excluding carboxylic acids is 1. The number of benzene rings is 1. The fourth-order valence-electron chi connectivity index (χ4n) is 3.77. The molecule has 3 atom stereocenters. The highest BCUT2D eigenvalue weighted by atomic mass is 16.7. The van der Waals surface area contributed by atoms with E-state index in [2.05, 4.69) is 43.6 Å². The van der Waals surface area contributed by atoms with Gasteiger partial charge in [-0.1, -0.05) is 30.3 Å². The summed E-state index contributed by atoms with van der Waals surface area (Å²) in [6.07, 6.45) is 0.684. The molecule has 0 saturated carbocycles. The average Bonchev–Trinajstić information content (AvgIpc) is 3.33. The molecule has 1 aromatic rings. The number of hydrogen-bond donors (Lipinski definition) is 4. The van der Waals surface area contributed by atoms with E-state index in [1.54, 1.807) is 0 Å². The maximum Gasteiger partial charge on any atom is 0.239 e. The summed E-state index contributed by atoms with van der Waals surface area (Å²) in [6, 6.07) is 10.2. The molecule has 3 saturated heterocycles. The van der Waals surface area contributed by atoms with Gasteiger partial charge < -0.3 is 10.6 Å². The minimum absolute atomic E-state index is 0.0101. The third kappa shape index (κ3) is 4.40. The summed E-state index contributed by atoms with van der Waals surface area (Å²) in [6.45, 7) is 6.26. The molecule has 8 heteroatoms. The molecule has 4 rings (SSSR count). The van der Waals surface area contributed by atoms with Crippen LogP contribution in [-0.4, -0.2) is 73.4 Å². The number of amides is 1. The number of hydrogen-bond acceptors (Lipinski definition) is 7. The fourth-order valence-corrected chi connectivity index (χ4v) is 3.77. The van der Waals surface area contributed by atoms with Crippen molar-refractivity contribution < 1.29 is 9.63 Å². The van der Waals surface area contributed by atoms with Crippen molar-refractivity contribution >= 4 is 5.91 Å². The van der Waals surface area contributed by atoms with Gasteiger partial charge in [0.2, 0.25) is 5.91 Å². The molecule has 0 aromatic heterocycles. The molecule has 0 bridgehead atoms. The van der Waals surface area contributed by atoms with Crippen molar-refractivity contribution in [3.63, 3.8) is 0 Å². The first-order valence-corrected chi connectivity index (χ1v) is 9.46. The van der Waals surface area contributed by atoms with Gasteiger partial charge in [-0.05, 0) is 5.56 Å². The van der Waals surface area contributed by atoms with Gasteiger partial charge in [0, 0.05) is 52.2 Å². The summed E-state index contributed by atoms with van der Waals surface area (Å²) < 4.78 is 0. The van der Waals surface area contributed by atoms with Gasteiger partial charge in [-0.15, -0.1) is 0 Å². The van der Waals surface area contributed by atoms with Crippen LogP contribution in [0.4, 0.5) is 0 Å². The van der Waals surface area contributed by atoms with E-state index in [0.29, 0.717) is 6.42 Å². The maximum absolute atomic E-state index is 12.6. The van der Waals surface area contributed by atoms with Gasteiger partial charge in [-0.2, -0.15) is 5.48 Å². The number of hydroxylamine groups is 1. The summed E-state index contributed by atoms with van der Waals surface area (Å²) in [5.41, 5.74) is 7.54. The van der Waals surface area contributed by atoms with Crippen LogP contribution in [0.2, 0.25) is 0 Å². The Morgan fingerprint density at radius 3 is 2.85 bits per heavy atom. The van der Waals surface area contributed by atoms with Crippen LogP contribution in [0.5, 0.6) is 0 Å². The Bertz CT molecular complexity index is 595. The molecule has 0 radical (unpaired) electrons. The first kappa shape index (κ1) is 17.8. The van der Waals surface area contributed by atoms with Crippen LogP contribution in [0.15, 0.2) is 30.3 Å². The summed E-state index contributed by atoms with van der Waals surface area (Å²) >= 11 is 0. The molecule has 3 aliphatic rings. The van der Waals surface area contributed by atoms with E-state index in [9.17, 15) is 4.79 Å². The lowest BCUT2D eigenvalue weighted by atomic mass is 10.1. The molecule has 3 heterocycles. The SMILES string of the molecule is O=C(NC1CNN(Cc2ccccc2)C1)C1CC(N2CCNCC2)ON1. The highest BCUT2D eigenvalue weighted by Crippen LogP contribution is 2.16. The molecule has 3 aliphatic heterocycles. The summed E-state index contributed by atoms with van der Waals surface area (Å²) in [7, 11) is 0. The van der Waals surface area contributed by atoms with Crippen LogP contribution in [-0.2, 0) is 16.2 Å². The fraction of sp³-hybridized carbons (Fsp3) is 0.611. The molecule has 142 valence electrons. The van der Waals surface area contributed by atoms with Gasteiger partial charge in [0.15, 0.2) is 0 Å². The highest BCUT2D eigenvalue weighted by molar-refractivity contribution is 5.82. The molecule has 8 nitrogen and oxygen atoms in total. The number of carbonyl (C=O) groups is 1. The topological polar surface area (TPSA) is 80.9 Å². The van der Waals surface area contributed by atoms with Gasteiger partial charge in [-0.25, -0.2) is 5.01 Å². The van der Waals surface area contributed by atoms with Crippen molar-refractivity contribution in [2.45, 2.75) is 31.3 Å². The Morgan fingerprint density at radius 2 is 2.04 bits per heavy atom. The summed E-state index contributed by atoms with van der Waals surface area (Å²) in [4.78, 5) is 20.5. The number of rotatable bonds is 5. The Kier molecular flexibility index (Phi) is 5.78. The molecule has 1 amide bonds. The predicted octanol–water partition coefficient (Wildman–Crippen LogP) is -0.984. The van der Waals surface area contributed by atoms with Crippen LogP contribution in [0.3, 0.4) is 0 Å². The van der Waals surface area contributed by atoms with Crippen LogP contribution in [0.25, 0.3) is 0 Å². The van der Waals surface area contributed by atoms with E-state index in [0.717, 1.165) is 45.8 Å². The molecule has 0 aliphatic carbocycles. The summed E-state index contributed by atoms with van der Waals surface area (Å²) in [5.74, 6) is 0.0241. The monoisotopic (exact) mass is 360 g/mol. The number of hydrazine groups is 1. The van der Waals surface area contributed by atoms with Crippen molar-refractivity contribution in [1.82, 2.24) is 31.4 Å². The minimum Gasteiger partial charge on any atom is -0.349 e. The zero-order valence-electron chi connectivity index (χ0n) is 15.0. The lowest BCUT2D eigenvalue weighted by molar-refractivity contribution is -0.125. The van der Waals surface area contributed by atoms with E-state index < -0.39 is 0 Å². The molecule has 1 aromatic carbocycles. The van der Waals surface area contributed by atoms with E-state index >= 15 is 0 Å². The molecule has 3 unspecified atom stereocenters. The number of piperazine rings is 1. The van der Waals surface area contributed by atoms with Crippen LogP contribution in [0.1, 0.15) is 12.0 Å². The van der Waals surface area contributed by atoms with Gasteiger partial charge in [-0.3, -0.25) is 20.0 Å². The van der Waals surface area contributed by atoms with Gasteiger partial charge in [0.25, 0.3) is 0 Å². The first-order valence-electron chi connectivity index (χ1n) is 9.46. The third-order valence-corrected chi connectivity index (χ3v) is 5.22. The number of nitrogens with zero attached hydrogens (tertiary/aromatic N) is 2. The second-order valence-corrected chi connectivity index (χ2v) is 7.20. The second-order valence-electron chi connectivity index (χ2n) is 7.20. The zero-order valence-corrected chi connectivity index (χ0v) is 15.0. The van der Waals surface area contributed by atoms with Crippen molar-refractivity contribution in [2.75, 3.05) is 39.3 Å². The van der Waals surface area contributed by atoms with Crippen molar-refractivity contribution in [3.8, 4) is 0 Å². The van der Waals surface area contributed by atoms with Gasteiger partial charge >= 0.3 is 0 Å². The van der Waals surface area contributed by atoms with Crippen molar-refractivity contribution in [1.29, 1.82) is 0 Å². The largest absolute Gasteiger partial charge is 0.349 e. The third-order valence-electron chi connectivity index (χ3n) is 5.22. The number of nitrogens with one attached hydrogen (secondary N) is 4. The summed E-state index contributed by atoms with van der Waals surface area (Å²) in [5, 5.41) is 8.63. The lowest BCUT2D eigenvalue weighted by Crippen LogP contribution is -2.49. The Hall–Kier alpha value is -1.55. The normalized spacial score (nSPS) is 30.5. The molecule has 26 heavy (non-hydrogen) atoms. The molecule has 4 N–H and O–H groups in total. The standard InChI is InChI=1S/C18H28N6O2/c25-18(16-10-17(26-22-16)23-8-6-19-7-9-23)21-15-11-20-24(13-15)12-14-4-2-1-3-5-14/h1-5,15-17,19-20,22H,6-13H2,(H,21,25). The first-order chi connectivity index (χ1) is 12.8. The smallest absolute Gasteiger partial charge is 0.239 e. The lowest BCUT2D eigenvalue weighted by Gasteiger charge is -2.30. The van der Waals surface area contributed by atoms with E-state index in [-0.39, 0.29) is 24.2 Å². The van der Waals surface area contributed by atoms with Crippen molar-refractivity contribution in [3.05, 3.63) is 35.9 Å². The Morgan fingerprint density at radius 1 is 1.23 bits per heavy atom. The van der Waals surface area contributed by atoms with Crippen molar-refractivity contribution in [2.24, 2.45) is 0 Å². The van der Waals surface area contributed by atoms with Gasteiger partial charge in [0.1, 0.15) is 12.3 Å². The Balaban J connectivity index is 1.21. The zero-order chi connectivity index (χ0) is 17.8. The highest BCUT2D eigenvalue weighted by Gasteiger charge is 2.36. The minimum atomic E-state index is -0.280. The quantitative estimate of drug-likeness (QED) is 0.537. The van der Waals surface area contributed by atoms with Crippen LogP contribution in [0, 0.1) is 0 Å².